The fourth-order valence-corrected chi connectivity index (χ4v) is 9.88. The number of carbonyl (C=O) groups excluding carboxylic acids is 1. The van der Waals surface area contributed by atoms with E-state index in [1.54, 1.807) is 0 Å². The first-order valence-electron chi connectivity index (χ1n) is 12.8. The van der Waals surface area contributed by atoms with Crippen LogP contribution in [0.15, 0.2) is 60.7 Å². The molecule has 35 heavy (non-hydrogen) atoms. The normalized spacial score (nSPS) is 25.3. The van der Waals surface area contributed by atoms with Crippen molar-refractivity contribution in [1.29, 1.82) is 0 Å². The summed E-state index contributed by atoms with van der Waals surface area (Å²) in [6.07, 6.45) is -0.0770. The van der Waals surface area contributed by atoms with Gasteiger partial charge in [0.1, 0.15) is 0 Å². The smallest absolute Gasteiger partial charge is 0.303 e. The fourth-order valence-electron chi connectivity index (χ4n) is 5.34. The molecule has 5 nitrogen and oxygen atoms in total. The Morgan fingerprint density at radius 3 is 1.91 bits per heavy atom. The summed E-state index contributed by atoms with van der Waals surface area (Å²) in [5, 5.41) is 2.37. The second kappa shape index (κ2) is 11.8. The van der Waals surface area contributed by atoms with Crippen LogP contribution in [-0.2, 0) is 23.4 Å². The molecule has 0 radical (unpaired) electrons. The number of benzene rings is 2. The molecule has 1 saturated heterocycles. The van der Waals surface area contributed by atoms with E-state index >= 15 is 0 Å². The van der Waals surface area contributed by atoms with E-state index in [4.69, 9.17) is 18.6 Å². The molecule has 3 rings (SSSR count). The Morgan fingerprint density at radius 1 is 0.914 bits per heavy atom. The summed E-state index contributed by atoms with van der Waals surface area (Å²) in [4.78, 5) is 11.8. The van der Waals surface area contributed by atoms with Crippen LogP contribution in [0.1, 0.15) is 54.9 Å². The van der Waals surface area contributed by atoms with E-state index < -0.39 is 20.7 Å². The zero-order chi connectivity index (χ0) is 25.6. The van der Waals surface area contributed by atoms with Gasteiger partial charge in [0, 0.05) is 12.8 Å². The third-order valence-corrected chi connectivity index (χ3v) is 12.4. The van der Waals surface area contributed by atoms with Gasteiger partial charge in [-0.15, -0.1) is 0 Å². The quantitative estimate of drug-likeness (QED) is 0.279. The van der Waals surface area contributed by atoms with Gasteiger partial charge >= 0.3 is 5.97 Å². The van der Waals surface area contributed by atoms with Crippen molar-refractivity contribution in [3.05, 3.63) is 60.7 Å². The van der Waals surface area contributed by atoms with Gasteiger partial charge in [0.05, 0.1) is 19.3 Å². The molecule has 1 aliphatic heterocycles. The molecule has 1 fully saturated rings. The van der Waals surface area contributed by atoms with Gasteiger partial charge in [0.2, 0.25) is 0 Å². The standard InChI is InChI=1S/C29H42O5Si/c1-8-26-21(2)22(3)27(33-23(4)30)28(34-26)31-19-20-32-35(29(5,6)7,24-15-11-9-12-16-24)25-17-13-10-14-18-25/h9-18,21-22,26-28H,8,19-20H2,1-7H3/t21-,22-,26?,27?,28+/m0/s1. The maximum absolute atomic E-state index is 11.8. The van der Waals surface area contributed by atoms with Crippen LogP contribution in [0.3, 0.4) is 0 Å². The van der Waals surface area contributed by atoms with Gasteiger partial charge in [0.15, 0.2) is 12.4 Å². The summed E-state index contributed by atoms with van der Waals surface area (Å²) >= 11 is 0. The molecule has 0 bridgehead atoms. The molecule has 1 aliphatic rings. The van der Waals surface area contributed by atoms with Gasteiger partial charge < -0.3 is 18.6 Å². The predicted octanol–water partition coefficient (Wildman–Crippen LogP) is 4.92. The highest BCUT2D eigenvalue weighted by molar-refractivity contribution is 6.99. The number of hydrogen-bond acceptors (Lipinski definition) is 5. The lowest BCUT2D eigenvalue weighted by Gasteiger charge is -2.44. The first-order valence-corrected chi connectivity index (χ1v) is 14.7. The Hall–Kier alpha value is -1.99. The van der Waals surface area contributed by atoms with Gasteiger partial charge in [-0.3, -0.25) is 4.79 Å². The number of hydrogen-bond donors (Lipinski definition) is 0. The summed E-state index contributed by atoms with van der Waals surface area (Å²) in [7, 11) is -2.63. The average molecular weight is 499 g/mol. The monoisotopic (exact) mass is 498 g/mol. The Kier molecular flexibility index (Phi) is 9.32. The molecule has 2 unspecified atom stereocenters. The van der Waals surface area contributed by atoms with Crippen molar-refractivity contribution in [2.75, 3.05) is 13.2 Å². The molecular formula is C29H42O5Si. The highest BCUT2D eigenvalue weighted by Crippen LogP contribution is 2.37. The summed E-state index contributed by atoms with van der Waals surface area (Å²) in [5.41, 5.74) is 0. The zero-order valence-corrected chi connectivity index (χ0v) is 23.3. The van der Waals surface area contributed by atoms with Crippen LogP contribution in [0.5, 0.6) is 0 Å². The van der Waals surface area contributed by atoms with E-state index in [0.717, 1.165) is 6.42 Å². The van der Waals surface area contributed by atoms with Crippen LogP contribution in [0.2, 0.25) is 5.04 Å². The average Bonchev–Trinajstić information content (AvgIpc) is 2.83. The third-order valence-electron chi connectivity index (χ3n) is 7.32. The summed E-state index contributed by atoms with van der Waals surface area (Å²) in [6, 6.07) is 21.1. The molecule has 0 aliphatic carbocycles. The molecule has 5 atom stereocenters. The molecule has 0 aromatic heterocycles. The number of rotatable bonds is 9. The second-order valence-electron chi connectivity index (χ2n) is 10.6. The maximum Gasteiger partial charge on any atom is 0.303 e. The lowest BCUT2D eigenvalue weighted by Crippen LogP contribution is -2.66. The Balaban J connectivity index is 1.81. The predicted molar refractivity (Wildman–Crippen MR) is 142 cm³/mol. The van der Waals surface area contributed by atoms with Crippen molar-refractivity contribution in [2.45, 2.75) is 78.4 Å². The molecule has 0 spiro atoms. The summed E-state index contributed by atoms with van der Waals surface area (Å²) in [6.45, 7) is 15.4. The zero-order valence-electron chi connectivity index (χ0n) is 22.3. The van der Waals surface area contributed by atoms with Gasteiger partial charge in [0.25, 0.3) is 8.32 Å². The Labute approximate surface area is 212 Å². The van der Waals surface area contributed by atoms with Crippen LogP contribution >= 0.6 is 0 Å². The molecule has 6 heteroatoms. The Morgan fingerprint density at radius 2 is 1.46 bits per heavy atom. The van der Waals surface area contributed by atoms with E-state index in [2.05, 4.69) is 90.1 Å². The number of ether oxygens (including phenoxy) is 3. The van der Waals surface area contributed by atoms with Crippen LogP contribution in [0.25, 0.3) is 0 Å². The number of carbonyl (C=O) groups is 1. The Bertz CT molecular complexity index is 888. The third kappa shape index (κ3) is 6.05. The molecule has 0 saturated carbocycles. The molecule has 0 amide bonds. The first kappa shape index (κ1) is 27.6. The van der Waals surface area contributed by atoms with Gasteiger partial charge in [-0.25, -0.2) is 0 Å². The van der Waals surface area contributed by atoms with Crippen LogP contribution in [0, 0.1) is 11.8 Å². The molecular weight excluding hydrogens is 456 g/mol. The van der Waals surface area contributed by atoms with Gasteiger partial charge in [-0.2, -0.15) is 0 Å². The second-order valence-corrected chi connectivity index (χ2v) is 14.9. The van der Waals surface area contributed by atoms with Gasteiger partial charge in [-0.1, -0.05) is 102 Å². The summed E-state index contributed by atoms with van der Waals surface area (Å²) < 4.78 is 25.1. The molecule has 2 aromatic rings. The van der Waals surface area contributed by atoms with Crippen LogP contribution < -0.4 is 10.4 Å². The minimum absolute atomic E-state index is 0.0689. The molecule has 2 aromatic carbocycles. The minimum Gasteiger partial charge on any atom is -0.457 e. The van der Waals surface area contributed by atoms with Crippen molar-refractivity contribution in [2.24, 2.45) is 11.8 Å². The van der Waals surface area contributed by atoms with Crippen molar-refractivity contribution >= 4 is 24.7 Å². The summed E-state index contributed by atoms with van der Waals surface area (Å²) in [5.74, 6) is 0.0996. The van der Waals surface area contributed by atoms with Gasteiger partial charge in [-0.05, 0) is 27.8 Å². The number of esters is 1. The van der Waals surface area contributed by atoms with Crippen molar-refractivity contribution in [3.63, 3.8) is 0 Å². The van der Waals surface area contributed by atoms with E-state index in [1.807, 2.05) is 12.1 Å². The van der Waals surface area contributed by atoms with E-state index in [0.29, 0.717) is 13.2 Å². The fraction of sp³-hybridized carbons (Fsp3) is 0.552. The van der Waals surface area contributed by atoms with Crippen LogP contribution in [-0.4, -0.2) is 46.0 Å². The lowest BCUT2D eigenvalue weighted by molar-refractivity contribution is -0.276. The first-order chi connectivity index (χ1) is 16.6. The van der Waals surface area contributed by atoms with E-state index in [-0.39, 0.29) is 28.9 Å². The SMILES string of the molecule is CCC1O[C@@H](OCCO[Si](c2ccccc2)(c2ccccc2)C(C)(C)C)C(OC(C)=O)[C@@H](C)[C@@H]1C. The maximum atomic E-state index is 11.8. The van der Waals surface area contributed by atoms with Crippen molar-refractivity contribution < 1.29 is 23.4 Å². The highest BCUT2D eigenvalue weighted by Gasteiger charge is 2.50. The van der Waals surface area contributed by atoms with Crippen LogP contribution in [0.4, 0.5) is 0 Å². The lowest BCUT2D eigenvalue weighted by atomic mass is 9.82. The topological polar surface area (TPSA) is 54.0 Å². The van der Waals surface area contributed by atoms with Crippen molar-refractivity contribution in [3.8, 4) is 0 Å². The van der Waals surface area contributed by atoms with E-state index in [9.17, 15) is 4.79 Å². The minimum atomic E-state index is -2.63. The molecule has 0 N–H and O–H groups in total. The highest BCUT2D eigenvalue weighted by atomic mass is 28.4. The molecule has 1 heterocycles. The molecule has 192 valence electrons. The van der Waals surface area contributed by atoms with Crippen molar-refractivity contribution in [1.82, 2.24) is 0 Å². The van der Waals surface area contributed by atoms with E-state index in [1.165, 1.54) is 17.3 Å². The largest absolute Gasteiger partial charge is 0.457 e.